The van der Waals surface area contributed by atoms with Crippen LogP contribution < -0.4 is 9.47 Å². The molecule has 0 radical (unpaired) electrons. The van der Waals surface area contributed by atoms with Crippen LogP contribution in [0, 0.1) is 0 Å². The lowest BCUT2D eigenvalue weighted by atomic mass is 9.94. The molecule has 0 heterocycles. The van der Waals surface area contributed by atoms with Crippen LogP contribution in [-0.2, 0) is 6.61 Å². The number of hydrogen-bond acceptors (Lipinski definition) is 3. The Bertz CT molecular complexity index is 914. The number of carbonyl (C=O) groups is 1. The molecule has 0 aliphatic rings. The Labute approximate surface area is 160 Å². The molecule has 0 N–H and O–H groups in total. The van der Waals surface area contributed by atoms with E-state index in [9.17, 15) is 4.79 Å². The summed E-state index contributed by atoms with van der Waals surface area (Å²) in [5.41, 5.74) is 4.63. The molecule has 0 unspecified atom stereocenters. The van der Waals surface area contributed by atoms with Crippen molar-refractivity contribution < 1.29 is 14.3 Å². The molecule has 0 spiro atoms. The zero-order valence-electron chi connectivity index (χ0n) is 15.9. The molecule has 0 amide bonds. The summed E-state index contributed by atoms with van der Waals surface area (Å²) in [4.78, 5) is 11.7. The lowest BCUT2D eigenvalue weighted by Gasteiger charge is -2.15. The van der Waals surface area contributed by atoms with Crippen molar-refractivity contribution in [1.29, 1.82) is 0 Å². The van der Waals surface area contributed by atoms with Gasteiger partial charge in [0.1, 0.15) is 18.1 Å². The van der Waals surface area contributed by atoms with Gasteiger partial charge in [0.25, 0.3) is 0 Å². The van der Waals surface area contributed by atoms with Crippen LogP contribution in [0.4, 0.5) is 0 Å². The van der Waals surface area contributed by atoms with Crippen molar-refractivity contribution in [2.75, 3.05) is 7.11 Å². The molecule has 3 rings (SSSR count). The minimum absolute atomic E-state index is 0.391. The van der Waals surface area contributed by atoms with E-state index in [2.05, 4.69) is 26.0 Å². The third-order valence-corrected chi connectivity index (χ3v) is 4.58. The van der Waals surface area contributed by atoms with Gasteiger partial charge >= 0.3 is 0 Å². The lowest BCUT2D eigenvalue weighted by molar-refractivity contribution is 0.112. The fraction of sp³-hybridized carbons (Fsp3) is 0.208. The molecule has 0 fully saturated rings. The van der Waals surface area contributed by atoms with Crippen molar-refractivity contribution >= 4 is 6.29 Å². The highest BCUT2D eigenvalue weighted by atomic mass is 16.5. The first-order chi connectivity index (χ1) is 13.1. The predicted molar refractivity (Wildman–Crippen MR) is 109 cm³/mol. The van der Waals surface area contributed by atoms with Crippen molar-refractivity contribution in [3.63, 3.8) is 0 Å². The van der Waals surface area contributed by atoms with E-state index in [1.807, 2.05) is 48.5 Å². The van der Waals surface area contributed by atoms with Gasteiger partial charge in [-0.25, -0.2) is 0 Å². The average molecular weight is 360 g/mol. The van der Waals surface area contributed by atoms with Crippen LogP contribution in [0.3, 0.4) is 0 Å². The number of methoxy groups -OCH3 is 1. The van der Waals surface area contributed by atoms with E-state index in [1.165, 1.54) is 5.56 Å². The van der Waals surface area contributed by atoms with Gasteiger partial charge in [0.15, 0.2) is 6.29 Å². The Kier molecular flexibility index (Phi) is 5.92. The highest BCUT2D eigenvalue weighted by molar-refractivity contribution is 5.90. The van der Waals surface area contributed by atoms with Gasteiger partial charge in [0, 0.05) is 11.1 Å². The molecule has 138 valence electrons. The molecule has 0 bridgehead atoms. The van der Waals surface area contributed by atoms with E-state index < -0.39 is 0 Å². The van der Waals surface area contributed by atoms with E-state index in [-0.39, 0.29) is 0 Å². The topological polar surface area (TPSA) is 35.5 Å². The number of rotatable bonds is 7. The van der Waals surface area contributed by atoms with Gasteiger partial charge in [-0.3, -0.25) is 4.79 Å². The number of ether oxygens (including phenoxy) is 2. The first kappa shape index (κ1) is 18.7. The first-order valence-electron chi connectivity index (χ1n) is 9.06. The van der Waals surface area contributed by atoms with Crippen LogP contribution >= 0.6 is 0 Å². The molecule has 0 aromatic heterocycles. The van der Waals surface area contributed by atoms with Gasteiger partial charge < -0.3 is 9.47 Å². The predicted octanol–water partition coefficient (Wildman–Crippen LogP) is 5.88. The fourth-order valence-electron chi connectivity index (χ4n) is 3.01. The van der Waals surface area contributed by atoms with Crippen LogP contribution in [0.5, 0.6) is 11.5 Å². The third kappa shape index (κ3) is 4.37. The Balaban J connectivity index is 1.93. The molecule has 3 aromatic carbocycles. The maximum atomic E-state index is 11.7. The second kappa shape index (κ2) is 8.54. The van der Waals surface area contributed by atoms with Crippen molar-refractivity contribution in [3.8, 4) is 22.6 Å². The zero-order chi connectivity index (χ0) is 19.2. The molecular weight excluding hydrogens is 336 g/mol. The van der Waals surface area contributed by atoms with Gasteiger partial charge in [-0.15, -0.1) is 0 Å². The van der Waals surface area contributed by atoms with Crippen LogP contribution in [0.25, 0.3) is 11.1 Å². The fourth-order valence-corrected chi connectivity index (χ4v) is 3.01. The molecular formula is C24H24O3. The average Bonchev–Trinajstić information content (AvgIpc) is 2.72. The molecule has 27 heavy (non-hydrogen) atoms. The van der Waals surface area contributed by atoms with Gasteiger partial charge in [-0.2, -0.15) is 0 Å². The van der Waals surface area contributed by atoms with Gasteiger partial charge in [-0.05, 0) is 52.9 Å². The lowest BCUT2D eigenvalue weighted by Crippen LogP contribution is -1.98. The largest absolute Gasteiger partial charge is 0.496 e. The summed E-state index contributed by atoms with van der Waals surface area (Å²) >= 11 is 0. The first-order valence-corrected chi connectivity index (χ1v) is 9.06. The number of benzene rings is 3. The molecule has 0 saturated heterocycles. The van der Waals surface area contributed by atoms with Gasteiger partial charge in [0.05, 0.1) is 7.11 Å². The number of hydrogen-bond donors (Lipinski definition) is 0. The molecule has 3 heteroatoms. The van der Waals surface area contributed by atoms with Crippen LogP contribution in [0.2, 0.25) is 0 Å². The standard InChI is InChI=1S/C24H24O3/c1-17(2)19-9-12-24(26-3)23(14-19)22-11-10-21(13-20(22)15-25)27-16-18-7-5-4-6-8-18/h4-15,17H,16H2,1-3H3. The molecule has 0 saturated carbocycles. The van der Waals surface area contributed by atoms with Crippen LogP contribution in [0.15, 0.2) is 66.7 Å². The SMILES string of the molecule is COc1ccc(C(C)C)cc1-c1ccc(OCc2ccccc2)cc1C=O. The Morgan fingerprint density at radius 1 is 0.926 bits per heavy atom. The summed E-state index contributed by atoms with van der Waals surface area (Å²) in [6, 6.07) is 21.7. The van der Waals surface area contributed by atoms with Crippen LogP contribution in [-0.4, -0.2) is 13.4 Å². The number of aldehydes is 1. The van der Waals surface area contributed by atoms with E-state index in [1.54, 1.807) is 13.2 Å². The monoisotopic (exact) mass is 360 g/mol. The molecule has 0 aliphatic heterocycles. The summed E-state index contributed by atoms with van der Waals surface area (Å²) < 4.78 is 11.4. The van der Waals surface area contributed by atoms with E-state index >= 15 is 0 Å². The Morgan fingerprint density at radius 3 is 2.37 bits per heavy atom. The summed E-state index contributed by atoms with van der Waals surface area (Å²) in [6.07, 6.45) is 0.867. The zero-order valence-corrected chi connectivity index (χ0v) is 15.9. The van der Waals surface area contributed by atoms with E-state index in [0.29, 0.717) is 23.8 Å². The van der Waals surface area contributed by atoms with E-state index in [4.69, 9.17) is 9.47 Å². The Morgan fingerprint density at radius 2 is 1.70 bits per heavy atom. The summed E-state index contributed by atoms with van der Waals surface area (Å²) in [5.74, 6) is 1.81. The quantitative estimate of drug-likeness (QED) is 0.494. The third-order valence-electron chi connectivity index (χ3n) is 4.58. The summed E-state index contributed by atoms with van der Waals surface area (Å²) in [6.45, 7) is 4.75. The molecule has 3 aromatic rings. The minimum atomic E-state index is 0.391. The van der Waals surface area contributed by atoms with Crippen molar-refractivity contribution in [2.24, 2.45) is 0 Å². The highest BCUT2D eigenvalue weighted by Crippen LogP contribution is 2.36. The maximum absolute atomic E-state index is 11.7. The summed E-state index contributed by atoms with van der Waals surface area (Å²) in [5, 5.41) is 0. The molecule has 0 atom stereocenters. The second-order valence-electron chi connectivity index (χ2n) is 6.76. The van der Waals surface area contributed by atoms with Gasteiger partial charge in [-0.1, -0.05) is 50.2 Å². The minimum Gasteiger partial charge on any atom is -0.496 e. The van der Waals surface area contributed by atoms with Crippen molar-refractivity contribution in [1.82, 2.24) is 0 Å². The normalized spacial score (nSPS) is 10.7. The van der Waals surface area contributed by atoms with Crippen molar-refractivity contribution in [3.05, 3.63) is 83.4 Å². The molecule has 3 nitrogen and oxygen atoms in total. The highest BCUT2D eigenvalue weighted by Gasteiger charge is 2.13. The smallest absolute Gasteiger partial charge is 0.150 e. The summed E-state index contributed by atoms with van der Waals surface area (Å²) in [7, 11) is 1.64. The van der Waals surface area contributed by atoms with E-state index in [0.717, 1.165) is 28.7 Å². The second-order valence-corrected chi connectivity index (χ2v) is 6.76. The number of carbonyl (C=O) groups excluding carboxylic acids is 1. The maximum Gasteiger partial charge on any atom is 0.150 e. The van der Waals surface area contributed by atoms with Gasteiger partial charge in [0.2, 0.25) is 0 Å². The Hall–Kier alpha value is -3.07. The van der Waals surface area contributed by atoms with Crippen LogP contribution in [0.1, 0.15) is 41.3 Å². The van der Waals surface area contributed by atoms with Crippen molar-refractivity contribution in [2.45, 2.75) is 26.4 Å². The molecule has 0 aliphatic carbocycles.